The van der Waals surface area contributed by atoms with Gasteiger partial charge in [-0.1, -0.05) is 6.07 Å². The van der Waals surface area contributed by atoms with Crippen molar-refractivity contribution in [3.8, 4) is 0 Å². The highest BCUT2D eigenvalue weighted by Crippen LogP contribution is 2.22. The van der Waals surface area contributed by atoms with Gasteiger partial charge in [0.2, 0.25) is 11.9 Å². The maximum atomic E-state index is 12.7. The Balaban J connectivity index is 1.19. The Bertz CT molecular complexity index is 731. The van der Waals surface area contributed by atoms with E-state index in [9.17, 15) is 4.79 Å². The number of hydrogen-bond donors (Lipinski definition) is 1. The molecule has 1 N–H and O–H groups in total. The number of carbonyl (C=O) groups is 1. The number of aromatic nitrogens is 2. The first kappa shape index (κ1) is 19.3. The highest BCUT2D eigenvalue weighted by atomic mass is 32.1. The average Bonchev–Trinajstić information content (AvgIpc) is 3.27. The Kier molecular flexibility index (Phi) is 6.54. The van der Waals surface area contributed by atoms with Gasteiger partial charge in [-0.15, -0.1) is 11.3 Å². The molecule has 2 aromatic rings. The van der Waals surface area contributed by atoms with Crippen molar-refractivity contribution in [1.82, 2.24) is 20.2 Å². The molecule has 2 aromatic heterocycles. The molecule has 0 aromatic carbocycles. The van der Waals surface area contributed by atoms with Gasteiger partial charge >= 0.3 is 0 Å². The Morgan fingerprint density at radius 2 is 1.96 bits per heavy atom. The van der Waals surface area contributed by atoms with Crippen molar-refractivity contribution in [2.24, 2.45) is 11.8 Å². The SMILES string of the molecule is O=C(NCC1CCN(Cc2cccs2)CC1)C1CCCN(c2ncccn2)C1. The van der Waals surface area contributed by atoms with Crippen LogP contribution >= 0.6 is 11.3 Å². The first-order valence-electron chi connectivity index (χ1n) is 10.3. The second-order valence-corrected chi connectivity index (χ2v) is 8.91. The second kappa shape index (κ2) is 9.47. The van der Waals surface area contributed by atoms with Gasteiger partial charge in [0.1, 0.15) is 0 Å². The van der Waals surface area contributed by atoms with Gasteiger partial charge in [-0.3, -0.25) is 9.69 Å². The van der Waals surface area contributed by atoms with E-state index in [2.05, 4.69) is 42.6 Å². The van der Waals surface area contributed by atoms with Gasteiger partial charge in [-0.2, -0.15) is 0 Å². The van der Waals surface area contributed by atoms with Gasteiger partial charge in [0.05, 0.1) is 5.92 Å². The van der Waals surface area contributed by atoms with E-state index in [1.807, 2.05) is 17.4 Å². The number of rotatable bonds is 6. The van der Waals surface area contributed by atoms with E-state index in [0.717, 1.165) is 58.1 Å². The number of anilines is 1. The minimum Gasteiger partial charge on any atom is -0.356 e. The summed E-state index contributed by atoms with van der Waals surface area (Å²) in [7, 11) is 0. The summed E-state index contributed by atoms with van der Waals surface area (Å²) in [6, 6.07) is 6.16. The molecule has 0 aliphatic carbocycles. The van der Waals surface area contributed by atoms with Crippen LogP contribution in [0, 0.1) is 11.8 Å². The zero-order valence-electron chi connectivity index (χ0n) is 16.3. The van der Waals surface area contributed by atoms with Gasteiger partial charge in [-0.25, -0.2) is 9.97 Å². The van der Waals surface area contributed by atoms with Gasteiger partial charge < -0.3 is 10.2 Å². The first-order chi connectivity index (χ1) is 13.8. The fourth-order valence-corrected chi connectivity index (χ4v) is 4.93. The molecule has 0 spiro atoms. The normalized spacial score (nSPS) is 21.6. The summed E-state index contributed by atoms with van der Waals surface area (Å²) in [5, 5.41) is 5.38. The van der Waals surface area contributed by atoms with Crippen LogP contribution in [0.15, 0.2) is 36.0 Å². The predicted octanol–water partition coefficient (Wildman–Crippen LogP) is 2.78. The lowest BCUT2D eigenvalue weighted by Gasteiger charge is -2.33. The predicted molar refractivity (Wildman–Crippen MR) is 112 cm³/mol. The molecule has 7 heteroatoms. The number of nitrogens with one attached hydrogen (secondary N) is 1. The number of thiophene rings is 1. The lowest BCUT2D eigenvalue weighted by molar-refractivity contribution is -0.125. The second-order valence-electron chi connectivity index (χ2n) is 7.88. The van der Waals surface area contributed by atoms with Crippen LogP contribution in [0.5, 0.6) is 0 Å². The molecule has 2 aliphatic heterocycles. The largest absolute Gasteiger partial charge is 0.356 e. The van der Waals surface area contributed by atoms with Crippen LogP contribution in [0.25, 0.3) is 0 Å². The number of hydrogen-bond acceptors (Lipinski definition) is 6. The van der Waals surface area contributed by atoms with Crippen molar-refractivity contribution >= 4 is 23.2 Å². The third-order valence-corrected chi connectivity index (χ3v) is 6.72. The molecule has 0 bridgehead atoms. The maximum Gasteiger partial charge on any atom is 0.225 e. The lowest BCUT2D eigenvalue weighted by Crippen LogP contribution is -2.45. The molecule has 6 nitrogen and oxygen atoms in total. The fraction of sp³-hybridized carbons (Fsp3) is 0.571. The van der Waals surface area contributed by atoms with E-state index in [-0.39, 0.29) is 11.8 Å². The zero-order chi connectivity index (χ0) is 19.2. The minimum atomic E-state index is 0.0384. The molecular formula is C21H29N5OS. The summed E-state index contributed by atoms with van der Waals surface area (Å²) in [6.45, 7) is 5.77. The van der Waals surface area contributed by atoms with Gasteiger partial charge in [-0.05, 0) is 62.2 Å². The van der Waals surface area contributed by atoms with Crippen molar-refractivity contribution < 1.29 is 4.79 Å². The maximum absolute atomic E-state index is 12.7. The lowest BCUT2D eigenvalue weighted by atomic mass is 9.94. The zero-order valence-corrected chi connectivity index (χ0v) is 17.1. The van der Waals surface area contributed by atoms with E-state index in [1.54, 1.807) is 12.4 Å². The Labute approximate surface area is 171 Å². The van der Waals surface area contributed by atoms with Crippen molar-refractivity contribution in [2.45, 2.75) is 32.2 Å². The summed E-state index contributed by atoms with van der Waals surface area (Å²) >= 11 is 1.83. The first-order valence-corrected chi connectivity index (χ1v) is 11.2. The van der Waals surface area contributed by atoms with Crippen molar-refractivity contribution in [1.29, 1.82) is 0 Å². The smallest absolute Gasteiger partial charge is 0.225 e. The molecule has 2 aliphatic rings. The van der Waals surface area contributed by atoms with Crippen LogP contribution in [-0.4, -0.2) is 53.5 Å². The molecular weight excluding hydrogens is 370 g/mol. The number of piperidine rings is 2. The van der Waals surface area contributed by atoms with Crippen LogP contribution < -0.4 is 10.2 Å². The molecule has 150 valence electrons. The van der Waals surface area contributed by atoms with Crippen molar-refractivity contribution in [2.75, 3.05) is 37.6 Å². The number of likely N-dealkylation sites (tertiary alicyclic amines) is 1. The highest BCUT2D eigenvalue weighted by Gasteiger charge is 2.28. The molecule has 1 atom stereocenters. The van der Waals surface area contributed by atoms with E-state index in [4.69, 9.17) is 0 Å². The molecule has 4 heterocycles. The molecule has 0 radical (unpaired) electrons. The molecule has 1 amide bonds. The summed E-state index contributed by atoms with van der Waals surface area (Å²) in [6.07, 6.45) is 7.82. The van der Waals surface area contributed by atoms with Crippen molar-refractivity contribution in [3.05, 3.63) is 40.8 Å². The van der Waals surface area contributed by atoms with Crippen LogP contribution in [0.2, 0.25) is 0 Å². The van der Waals surface area contributed by atoms with Crippen LogP contribution in [0.4, 0.5) is 5.95 Å². The number of carbonyl (C=O) groups excluding carboxylic acids is 1. The summed E-state index contributed by atoms with van der Waals surface area (Å²) in [5.74, 6) is 1.57. The number of nitrogens with zero attached hydrogens (tertiary/aromatic N) is 4. The molecule has 2 fully saturated rings. The molecule has 1 unspecified atom stereocenters. The Morgan fingerprint density at radius 1 is 1.14 bits per heavy atom. The Morgan fingerprint density at radius 3 is 2.71 bits per heavy atom. The summed E-state index contributed by atoms with van der Waals surface area (Å²) < 4.78 is 0. The third kappa shape index (κ3) is 5.08. The van der Waals surface area contributed by atoms with E-state index in [1.165, 1.54) is 17.7 Å². The van der Waals surface area contributed by atoms with E-state index < -0.39 is 0 Å². The van der Waals surface area contributed by atoms with Crippen molar-refractivity contribution in [3.63, 3.8) is 0 Å². The molecule has 4 rings (SSSR count). The topological polar surface area (TPSA) is 61.4 Å². The van der Waals surface area contributed by atoms with Crippen LogP contribution in [-0.2, 0) is 11.3 Å². The highest BCUT2D eigenvalue weighted by molar-refractivity contribution is 7.09. The van der Waals surface area contributed by atoms with Crippen LogP contribution in [0.1, 0.15) is 30.6 Å². The molecule has 2 saturated heterocycles. The van der Waals surface area contributed by atoms with Gasteiger partial charge in [0, 0.05) is 43.4 Å². The molecule has 28 heavy (non-hydrogen) atoms. The fourth-order valence-electron chi connectivity index (χ4n) is 4.19. The quantitative estimate of drug-likeness (QED) is 0.809. The molecule has 0 saturated carbocycles. The number of amides is 1. The summed E-state index contributed by atoms with van der Waals surface area (Å²) in [4.78, 5) is 27.5. The average molecular weight is 400 g/mol. The Hall–Kier alpha value is -1.99. The monoisotopic (exact) mass is 399 g/mol. The summed E-state index contributed by atoms with van der Waals surface area (Å²) in [5.41, 5.74) is 0. The third-order valence-electron chi connectivity index (χ3n) is 5.86. The van der Waals surface area contributed by atoms with E-state index in [0.29, 0.717) is 5.92 Å². The minimum absolute atomic E-state index is 0.0384. The van der Waals surface area contributed by atoms with E-state index >= 15 is 0 Å². The van der Waals surface area contributed by atoms with Crippen LogP contribution in [0.3, 0.4) is 0 Å². The van der Waals surface area contributed by atoms with Gasteiger partial charge in [0.25, 0.3) is 0 Å². The standard InChI is InChI=1S/C21H29N5OS/c27-20(18-4-1-10-26(15-18)21-22-8-3-9-23-21)24-14-17-6-11-25(12-7-17)16-19-5-2-13-28-19/h2-3,5,8-9,13,17-18H,1,4,6-7,10-12,14-16H2,(H,24,27). The van der Waals surface area contributed by atoms with Gasteiger partial charge in [0.15, 0.2) is 0 Å².